The summed E-state index contributed by atoms with van der Waals surface area (Å²) in [4.78, 5) is 0. The van der Waals surface area contributed by atoms with Crippen LogP contribution in [0.2, 0.25) is 12.6 Å². The van der Waals surface area contributed by atoms with Crippen LogP contribution in [0.1, 0.15) is 46.0 Å². The molecule has 0 atom stereocenters. The zero-order chi connectivity index (χ0) is 12.3. The van der Waals surface area contributed by atoms with E-state index in [1.807, 2.05) is 0 Å². The Labute approximate surface area is 108 Å². The van der Waals surface area contributed by atoms with Crippen molar-refractivity contribution in [3.63, 3.8) is 0 Å². The Morgan fingerprint density at radius 2 is 1.38 bits per heavy atom. The van der Waals surface area contributed by atoms with Crippen LogP contribution in [0.3, 0.4) is 0 Å². The summed E-state index contributed by atoms with van der Waals surface area (Å²) in [5, 5.41) is 0. The number of rotatable bonds is 11. The number of unbranched alkanes of at least 4 members (excludes halogenated alkanes) is 4. The molecule has 0 rings (SSSR count). The third kappa shape index (κ3) is 8.62. The van der Waals surface area contributed by atoms with Crippen LogP contribution in [-0.4, -0.2) is 27.5 Å². The molecular formula is C12H28O2SSi. The molecule has 0 spiro atoms. The molecule has 0 aliphatic carbocycles. The molecular weight excluding hydrogens is 236 g/mol. The van der Waals surface area contributed by atoms with E-state index < -0.39 is 8.56 Å². The Balaban J connectivity index is 3.59. The van der Waals surface area contributed by atoms with Crippen molar-refractivity contribution in [2.45, 2.75) is 58.5 Å². The van der Waals surface area contributed by atoms with Crippen molar-refractivity contribution in [2.24, 2.45) is 0 Å². The van der Waals surface area contributed by atoms with Gasteiger partial charge in [-0.2, -0.15) is 12.6 Å². The van der Waals surface area contributed by atoms with Crippen molar-refractivity contribution in [3.05, 3.63) is 0 Å². The molecule has 0 aliphatic heterocycles. The number of hydrogen-bond acceptors (Lipinski definition) is 3. The SMILES string of the molecule is CCO[Si](C)(CCCCCCCS)OCC. The zero-order valence-corrected chi connectivity index (χ0v) is 13.0. The van der Waals surface area contributed by atoms with E-state index in [4.69, 9.17) is 8.85 Å². The van der Waals surface area contributed by atoms with Crippen molar-refractivity contribution in [3.8, 4) is 0 Å². The maximum atomic E-state index is 5.80. The number of thiol groups is 1. The Morgan fingerprint density at radius 3 is 1.88 bits per heavy atom. The summed E-state index contributed by atoms with van der Waals surface area (Å²) in [5.74, 6) is 1.02. The molecule has 0 aromatic carbocycles. The van der Waals surface area contributed by atoms with Gasteiger partial charge in [0, 0.05) is 13.2 Å². The van der Waals surface area contributed by atoms with Gasteiger partial charge in [-0.25, -0.2) is 0 Å². The molecule has 0 aromatic rings. The van der Waals surface area contributed by atoms with Crippen molar-refractivity contribution in [2.75, 3.05) is 19.0 Å². The van der Waals surface area contributed by atoms with Gasteiger partial charge in [0.2, 0.25) is 0 Å². The fourth-order valence-corrected chi connectivity index (χ4v) is 4.59. The quantitative estimate of drug-likeness (QED) is 0.345. The van der Waals surface area contributed by atoms with Gasteiger partial charge in [-0.15, -0.1) is 0 Å². The average molecular weight is 265 g/mol. The molecule has 0 radical (unpaired) electrons. The Kier molecular flexibility index (Phi) is 11.0. The van der Waals surface area contributed by atoms with Gasteiger partial charge in [0.1, 0.15) is 0 Å². The summed E-state index contributed by atoms with van der Waals surface area (Å²) in [7, 11) is -1.83. The molecule has 0 heterocycles. The van der Waals surface area contributed by atoms with Gasteiger partial charge in [-0.05, 0) is 38.6 Å². The molecule has 0 aromatic heterocycles. The van der Waals surface area contributed by atoms with Gasteiger partial charge in [0.15, 0.2) is 0 Å². The molecule has 4 heteroatoms. The highest BCUT2D eigenvalue weighted by molar-refractivity contribution is 7.80. The highest BCUT2D eigenvalue weighted by atomic mass is 32.1. The minimum Gasteiger partial charge on any atom is -0.395 e. The second kappa shape index (κ2) is 10.6. The van der Waals surface area contributed by atoms with Crippen LogP contribution >= 0.6 is 12.6 Å². The van der Waals surface area contributed by atoms with E-state index in [1.165, 1.54) is 32.1 Å². The third-order valence-electron chi connectivity index (χ3n) is 2.69. The number of hydrogen-bond donors (Lipinski definition) is 1. The van der Waals surface area contributed by atoms with Crippen LogP contribution in [0, 0.1) is 0 Å². The van der Waals surface area contributed by atoms with Crippen molar-refractivity contribution >= 4 is 21.2 Å². The van der Waals surface area contributed by atoms with Gasteiger partial charge < -0.3 is 8.85 Å². The van der Waals surface area contributed by atoms with E-state index in [2.05, 4.69) is 33.0 Å². The van der Waals surface area contributed by atoms with Crippen LogP contribution in [0.5, 0.6) is 0 Å². The smallest absolute Gasteiger partial charge is 0.334 e. The monoisotopic (exact) mass is 264 g/mol. The van der Waals surface area contributed by atoms with E-state index in [0.717, 1.165) is 25.0 Å². The van der Waals surface area contributed by atoms with Crippen LogP contribution in [0.25, 0.3) is 0 Å². The van der Waals surface area contributed by atoms with Crippen LogP contribution in [0.4, 0.5) is 0 Å². The van der Waals surface area contributed by atoms with Crippen molar-refractivity contribution in [1.29, 1.82) is 0 Å². The van der Waals surface area contributed by atoms with Crippen LogP contribution < -0.4 is 0 Å². The minimum atomic E-state index is -1.83. The van der Waals surface area contributed by atoms with E-state index in [9.17, 15) is 0 Å². The summed E-state index contributed by atoms with van der Waals surface area (Å²) in [6, 6.07) is 1.13. The highest BCUT2D eigenvalue weighted by Crippen LogP contribution is 2.18. The Morgan fingerprint density at radius 1 is 0.875 bits per heavy atom. The summed E-state index contributed by atoms with van der Waals surface area (Å²) >= 11 is 4.21. The predicted molar refractivity (Wildman–Crippen MR) is 76.6 cm³/mol. The Bertz CT molecular complexity index is 150. The normalized spacial score (nSPS) is 12.0. The van der Waals surface area contributed by atoms with E-state index in [1.54, 1.807) is 0 Å². The Hall–Kier alpha value is 0.487. The molecule has 16 heavy (non-hydrogen) atoms. The summed E-state index contributed by atoms with van der Waals surface area (Å²) < 4.78 is 11.6. The highest BCUT2D eigenvalue weighted by Gasteiger charge is 2.29. The maximum absolute atomic E-state index is 5.80. The molecule has 0 N–H and O–H groups in total. The molecule has 0 unspecified atom stereocenters. The first kappa shape index (κ1) is 16.5. The molecule has 0 aliphatic rings. The third-order valence-corrected chi connectivity index (χ3v) is 6.07. The lowest BCUT2D eigenvalue weighted by atomic mass is 10.2. The van der Waals surface area contributed by atoms with Gasteiger partial charge in [0.25, 0.3) is 0 Å². The lowest BCUT2D eigenvalue weighted by Crippen LogP contribution is -2.38. The fraction of sp³-hybridized carbons (Fsp3) is 1.00. The van der Waals surface area contributed by atoms with Gasteiger partial charge in [0.05, 0.1) is 0 Å². The zero-order valence-electron chi connectivity index (χ0n) is 11.1. The first-order valence-corrected chi connectivity index (χ1v) is 9.73. The molecule has 0 bridgehead atoms. The van der Waals surface area contributed by atoms with Crippen molar-refractivity contribution < 1.29 is 8.85 Å². The summed E-state index contributed by atoms with van der Waals surface area (Å²) in [5.41, 5.74) is 0. The molecule has 0 saturated carbocycles. The lowest BCUT2D eigenvalue weighted by molar-refractivity contribution is 0.188. The van der Waals surface area contributed by atoms with Gasteiger partial charge in [-0.1, -0.05) is 25.7 Å². The van der Waals surface area contributed by atoms with Crippen LogP contribution in [-0.2, 0) is 8.85 Å². The fourth-order valence-electron chi connectivity index (χ4n) is 1.88. The predicted octanol–water partition coefficient (Wildman–Crippen LogP) is 4.01. The summed E-state index contributed by atoms with van der Waals surface area (Å²) in [6.45, 7) is 7.85. The van der Waals surface area contributed by atoms with E-state index >= 15 is 0 Å². The van der Waals surface area contributed by atoms with E-state index in [0.29, 0.717) is 0 Å². The lowest BCUT2D eigenvalue weighted by Gasteiger charge is -2.25. The second-order valence-electron chi connectivity index (χ2n) is 4.24. The molecule has 0 amide bonds. The summed E-state index contributed by atoms with van der Waals surface area (Å²) in [6.07, 6.45) is 6.43. The average Bonchev–Trinajstić information content (AvgIpc) is 2.24. The van der Waals surface area contributed by atoms with Crippen LogP contribution in [0.15, 0.2) is 0 Å². The topological polar surface area (TPSA) is 18.5 Å². The molecule has 98 valence electrons. The molecule has 0 fully saturated rings. The first-order chi connectivity index (χ1) is 7.68. The largest absolute Gasteiger partial charge is 0.395 e. The van der Waals surface area contributed by atoms with Gasteiger partial charge >= 0.3 is 8.56 Å². The first-order valence-electron chi connectivity index (χ1n) is 6.57. The van der Waals surface area contributed by atoms with Gasteiger partial charge in [-0.3, -0.25) is 0 Å². The molecule has 0 saturated heterocycles. The minimum absolute atomic E-state index is 0.780. The standard InChI is InChI=1S/C12H28O2SSi/c1-4-13-16(3,14-5-2)12-10-8-6-7-9-11-15/h15H,4-12H2,1-3H3. The maximum Gasteiger partial charge on any atom is 0.334 e. The second-order valence-corrected chi connectivity index (χ2v) is 8.03. The van der Waals surface area contributed by atoms with Crippen molar-refractivity contribution in [1.82, 2.24) is 0 Å². The molecule has 2 nitrogen and oxygen atoms in total. The van der Waals surface area contributed by atoms with E-state index in [-0.39, 0.29) is 0 Å².